The van der Waals surface area contributed by atoms with Crippen LogP contribution in [-0.2, 0) is 0 Å². The van der Waals surface area contributed by atoms with E-state index < -0.39 is 18.8 Å². The Hall–Kier alpha value is -0.290. The van der Waals surface area contributed by atoms with E-state index in [2.05, 4.69) is 10.6 Å². The molecule has 1 heterocycles. The van der Waals surface area contributed by atoms with Crippen LogP contribution < -0.4 is 10.6 Å². The maximum absolute atomic E-state index is 11.6. The minimum atomic E-state index is -4.06. The SMILES string of the molecule is FC(F)(F)CC1NCCN1. The van der Waals surface area contributed by atoms with Gasteiger partial charge in [-0.1, -0.05) is 0 Å². The van der Waals surface area contributed by atoms with Gasteiger partial charge in [0.05, 0.1) is 12.6 Å². The van der Waals surface area contributed by atoms with Crippen LogP contribution in [0.25, 0.3) is 0 Å². The standard InChI is InChI=1S/C5H9F3N2/c6-5(7,8)3-4-9-1-2-10-4/h4,9-10H,1-3H2. The van der Waals surface area contributed by atoms with Gasteiger partial charge in [-0.05, 0) is 0 Å². The quantitative estimate of drug-likeness (QED) is 0.573. The van der Waals surface area contributed by atoms with E-state index in [9.17, 15) is 13.2 Å². The van der Waals surface area contributed by atoms with E-state index in [0.717, 1.165) is 0 Å². The summed E-state index contributed by atoms with van der Waals surface area (Å²) < 4.78 is 34.9. The molecule has 60 valence electrons. The zero-order chi connectivity index (χ0) is 7.61. The smallest absolute Gasteiger partial charge is 0.300 e. The van der Waals surface area contributed by atoms with Crippen molar-refractivity contribution in [3.8, 4) is 0 Å². The van der Waals surface area contributed by atoms with Gasteiger partial charge >= 0.3 is 6.18 Å². The summed E-state index contributed by atoms with van der Waals surface area (Å²) in [7, 11) is 0. The summed E-state index contributed by atoms with van der Waals surface area (Å²) in [5, 5.41) is 5.36. The lowest BCUT2D eigenvalue weighted by Gasteiger charge is -2.12. The lowest BCUT2D eigenvalue weighted by atomic mass is 10.3. The van der Waals surface area contributed by atoms with Crippen LogP contribution in [0.4, 0.5) is 13.2 Å². The van der Waals surface area contributed by atoms with Gasteiger partial charge in [0, 0.05) is 13.1 Å². The molecule has 0 aromatic rings. The van der Waals surface area contributed by atoms with Crippen molar-refractivity contribution in [1.82, 2.24) is 10.6 Å². The van der Waals surface area contributed by atoms with E-state index in [-0.39, 0.29) is 0 Å². The van der Waals surface area contributed by atoms with Gasteiger partial charge in [-0.2, -0.15) is 13.2 Å². The third-order valence-electron chi connectivity index (χ3n) is 1.34. The zero-order valence-corrected chi connectivity index (χ0v) is 5.33. The van der Waals surface area contributed by atoms with Crippen molar-refractivity contribution < 1.29 is 13.2 Å². The van der Waals surface area contributed by atoms with E-state index in [1.165, 1.54) is 0 Å². The van der Waals surface area contributed by atoms with Crippen LogP contribution in [0.5, 0.6) is 0 Å². The molecule has 1 aliphatic rings. The van der Waals surface area contributed by atoms with Gasteiger partial charge in [0.2, 0.25) is 0 Å². The molecule has 1 rings (SSSR count). The van der Waals surface area contributed by atoms with E-state index in [4.69, 9.17) is 0 Å². The molecule has 0 atom stereocenters. The minimum absolute atomic E-state index is 0.569. The summed E-state index contributed by atoms with van der Waals surface area (Å²) in [5.74, 6) is 0. The second-order valence-electron chi connectivity index (χ2n) is 2.28. The van der Waals surface area contributed by atoms with Crippen LogP contribution in [0.3, 0.4) is 0 Å². The molecule has 1 aliphatic heterocycles. The Morgan fingerprint density at radius 3 is 2.10 bits per heavy atom. The van der Waals surface area contributed by atoms with Crippen LogP contribution >= 0.6 is 0 Å². The van der Waals surface area contributed by atoms with Crippen LogP contribution in [-0.4, -0.2) is 25.4 Å². The predicted octanol–water partition coefficient (Wildman–Crippen LogP) is 0.458. The Labute approximate surface area is 56.8 Å². The first-order chi connectivity index (χ1) is 4.58. The lowest BCUT2D eigenvalue weighted by molar-refractivity contribution is -0.140. The molecular weight excluding hydrogens is 145 g/mol. The number of hydrogen-bond acceptors (Lipinski definition) is 2. The van der Waals surface area contributed by atoms with Crippen LogP contribution in [0.1, 0.15) is 6.42 Å². The van der Waals surface area contributed by atoms with E-state index in [1.54, 1.807) is 0 Å². The molecule has 1 fully saturated rings. The molecule has 0 unspecified atom stereocenters. The number of alkyl halides is 3. The summed E-state index contributed by atoms with van der Waals surface area (Å²) in [6, 6.07) is 0. The van der Waals surface area contributed by atoms with Gasteiger partial charge in [-0.25, -0.2) is 0 Å². The van der Waals surface area contributed by atoms with Crippen molar-refractivity contribution in [2.75, 3.05) is 13.1 Å². The maximum Gasteiger partial charge on any atom is 0.391 e. The van der Waals surface area contributed by atoms with E-state index in [1.807, 2.05) is 0 Å². The molecule has 10 heavy (non-hydrogen) atoms. The zero-order valence-electron chi connectivity index (χ0n) is 5.33. The summed E-state index contributed by atoms with van der Waals surface area (Å²) in [6.45, 7) is 1.25. The van der Waals surface area contributed by atoms with Crippen molar-refractivity contribution >= 4 is 0 Å². The normalized spacial score (nSPS) is 21.9. The average molecular weight is 154 g/mol. The molecule has 0 saturated carbocycles. The number of rotatable bonds is 1. The lowest BCUT2D eigenvalue weighted by Crippen LogP contribution is -2.35. The van der Waals surface area contributed by atoms with Crippen LogP contribution in [0.2, 0.25) is 0 Å². The largest absolute Gasteiger partial charge is 0.391 e. The average Bonchev–Trinajstić information content (AvgIpc) is 2.12. The molecule has 0 spiro atoms. The molecule has 2 N–H and O–H groups in total. The Morgan fingerprint density at radius 2 is 1.70 bits per heavy atom. The molecule has 0 radical (unpaired) electrons. The Balaban J connectivity index is 2.24. The van der Waals surface area contributed by atoms with Crippen LogP contribution in [0, 0.1) is 0 Å². The van der Waals surface area contributed by atoms with Crippen molar-refractivity contribution in [1.29, 1.82) is 0 Å². The van der Waals surface area contributed by atoms with Gasteiger partial charge in [0.25, 0.3) is 0 Å². The second-order valence-corrected chi connectivity index (χ2v) is 2.28. The van der Waals surface area contributed by atoms with E-state index in [0.29, 0.717) is 13.1 Å². The van der Waals surface area contributed by atoms with Gasteiger partial charge in [0.1, 0.15) is 0 Å². The number of halogens is 3. The molecule has 5 heteroatoms. The first-order valence-electron chi connectivity index (χ1n) is 3.11. The Kier molecular flexibility index (Phi) is 2.15. The minimum Gasteiger partial charge on any atom is -0.300 e. The highest BCUT2D eigenvalue weighted by Crippen LogP contribution is 2.20. The predicted molar refractivity (Wildman–Crippen MR) is 30.5 cm³/mol. The molecular formula is C5H9F3N2. The molecule has 1 saturated heterocycles. The third-order valence-corrected chi connectivity index (χ3v) is 1.34. The van der Waals surface area contributed by atoms with Crippen molar-refractivity contribution in [2.24, 2.45) is 0 Å². The fraction of sp³-hybridized carbons (Fsp3) is 1.00. The Morgan fingerprint density at radius 1 is 1.20 bits per heavy atom. The van der Waals surface area contributed by atoms with Gasteiger partial charge in [-0.3, -0.25) is 0 Å². The fourth-order valence-electron chi connectivity index (χ4n) is 0.941. The second kappa shape index (κ2) is 2.75. The molecule has 0 amide bonds. The topological polar surface area (TPSA) is 24.1 Å². The highest BCUT2D eigenvalue weighted by molar-refractivity contribution is 4.74. The highest BCUT2D eigenvalue weighted by Gasteiger charge is 2.32. The van der Waals surface area contributed by atoms with Crippen LogP contribution in [0.15, 0.2) is 0 Å². The molecule has 0 aliphatic carbocycles. The van der Waals surface area contributed by atoms with Gasteiger partial charge < -0.3 is 10.6 Å². The highest BCUT2D eigenvalue weighted by atomic mass is 19.4. The molecule has 0 bridgehead atoms. The molecule has 0 aromatic heterocycles. The summed E-state index contributed by atoms with van der Waals surface area (Å²) in [5.41, 5.74) is 0. The first kappa shape index (κ1) is 7.81. The fourth-order valence-corrected chi connectivity index (χ4v) is 0.941. The monoisotopic (exact) mass is 154 g/mol. The summed E-state index contributed by atoms with van der Waals surface area (Å²) in [6.07, 6.45) is -5.41. The summed E-state index contributed by atoms with van der Waals surface area (Å²) in [4.78, 5) is 0. The number of nitrogens with one attached hydrogen (secondary N) is 2. The van der Waals surface area contributed by atoms with Crippen molar-refractivity contribution in [3.05, 3.63) is 0 Å². The van der Waals surface area contributed by atoms with Crippen molar-refractivity contribution in [2.45, 2.75) is 18.8 Å². The Bertz CT molecular complexity index is 106. The third kappa shape index (κ3) is 2.53. The van der Waals surface area contributed by atoms with Gasteiger partial charge in [-0.15, -0.1) is 0 Å². The number of hydrogen-bond donors (Lipinski definition) is 2. The van der Waals surface area contributed by atoms with Gasteiger partial charge in [0.15, 0.2) is 0 Å². The summed E-state index contributed by atoms with van der Waals surface area (Å²) >= 11 is 0. The molecule has 2 nitrogen and oxygen atoms in total. The van der Waals surface area contributed by atoms with Crippen molar-refractivity contribution in [3.63, 3.8) is 0 Å². The maximum atomic E-state index is 11.6. The first-order valence-corrected chi connectivity index (χ1v) is 3.11. The molecule has 0 aromatic carbocycles. The van der Waals surface area contributed by atoms with E-state index >= 15 is 0 Å².